The molecule has 0 saturated carbocycles. The molecule has 3 aliphatic heterocycles. The number of rotatable bonds is 3. The van der Waals surface area contributed by atoms with Crippen LogP contribution in [0.25, 0.3) is 0 Å². The Labute approximate surface area is 183 Å². The van der Waals surface area contributed by atoms with Gasteiger partial charge in [-0.1, -0.05) is 6.07 Å². The van der Waals surface area contributed by atoms with E-state index in [1.165, 1.54) is 0 Å². The molecule has 3 aliphatic rings. The summed E-state index contributed by atoms with van der Waals surface area (Å²) in [4.78, 5) is 37.5. The lowest BCUT2D eigenvalue weighted by atomic mass is 9.83. The highest BCUT2D eigenvalue weighted by molar-refractivity contribution is 5.94. The largest absolute Gasteiger partial charge is 0.337 e. The third-order valence-corrected chi connectivity index (χ3v) is 7.03. The predicted molar refractivity (Wildman–Crippen MR) is 119 cm³/mol. The lowest BCUT2D eigenvalue weighted by Crippen LogP contribution is -2.48. The molecule has 0 aromatic carbocycles. The number of hydrogen-bond acceptors (Lipinski definition) is 5. The van der Waals surface area contributed by atoms with E-state index >= 15 is 0 Å². The summed E-state index contributed by atoms with van der Waals surface area (Å²) in [5, 5.41) is 0. The van der Waals surface area contributed by atoms with Crippen LogP contribution in [0.1, 0.15) is 40.5 Å². The number of fused-ring (bicyclic) bond motifs is 4. The molecule has 0 spiro atoms. The molecule has 7 heteroatoms. The summed E-state index contributed by atoms with van der Waals surface area (Å²) in [6.45, 7) is 6.70. The highest BCUT2D eigenvalue weighted by Gasteiger charge is 2.35. The molecule has 1 amide bonds. The van der Waals surface area contributed by atoms with Crippen molar-refractivity contribution in [1.29, 1.82) is 0 Å². The molecule has 0 radical (unpaired) electrons. The zero-order valence-electron chi connectivity index (χ0n) is 18.2. The standard InChI is InChI=1S/C24H31N5O2/c1-26-9-4-10-28(12-11-26)23(30)21-6-7-22-19-13-18(15-29(22)24(21)31)14-27(16-19)17-20-5-2-3-8-25-20/h2-3,5-8,18-19H,4,9-17H2,1H3/t18-,19+/m0/s1. The fourth-order valence-corrected chi connectivity index (χ4v) is 5.48. The zero-order chi connectivity index (χ0) is 21.4. The maximum atomic E-state index is 13.3. The smallest absolute Gasteiger partial charge is 0.263 e. The Morgan fingerprint density at radius 2 is 1.97 bits per heavy atom. The molecule has 2 bridgehead atoms. The van der Waals surface area contributed by atoms with Crippen molar-refractivity contribution in [3.05, 3.63) is 63.8 Å². The van der Waals surface area contributed by atoms with Crippen LogP contribution in [0.5, 0.6) is 0 Å². The summed E-state index contributed by atoms with van der Waals surface area (Å²) in [7, 11) is 2.08. The Bertz CT molecular complexity index is 1000. The second-order valence-corrected chi connectivity index (χ2v) is 9.35. The van der Waals surface area contributed by atoms with Gasteiger partial charge in [0, 0.05) is 63.6 Å². The van der Waals surface area contributed by atoms with Gasteiger partial charge < -0.3 is 14.4 Å². The summed E-state index contributed by atoms with van der Waals surface area (Å²) in [5.41, 5.74) is 2.40. The van der Waals surface area contributed by atoms with E-state index in [-0.39, 0.29) is 11.5 Å². The Kier molecular flexibility index (Phi) is 5.63. The van der Waals surface area contributed by atoms with Crippen LogP contribution in [-0.4, -0.2) is 76.5 Å². The van der Waals surface area contributed by atoms with Crippen LogP contribution in [0.15, 0.2) is 41.3 Å². The fraction of sp³-hybridized carbons (Fsp3) is 0.542. The van der Waals surface area contributed by atoms with Crippen molar-refractivity contribution in [1.82, 2.24) is 24.3 Å². The Morgan fingerprint density at radius 3 is 2.81 bits per heavy atom. The molecule has 2 aromatic rings. The molecule has 0 N–H and O–H groups in total. The van der Waals surface area contributed by atoms with E-state index in [1.807, 2.05) is 33.9 Å². The molecule has 5 heterocycles. The zero-order valence-corrected chi connectivity index (χ0v) is 18.2. The third kappa shape index (κ3) is 4.16. The van der Waals surface area contributed by atoms with Crippen molar-refractivity contribution in [2.75, 3.05) is 46.3 Å². The summed E-state index contributed by atoms with van der Waals surface area (Å²) in [6, 6.07) is 9.86. The van der Waals surface area contributed by atoms with Gasteiger partial charge in [0.05, 0.1) is 5.69 Å². The predicted octanol–water partition coefficient (Wildman–Crippen LogP) is 1.64. The lowest BCUT2D eigenvalue weighted by molar-refractivity contribution is 0.0757. The normalized spacial score (nSPS) is 24.5. The average Bonchev–Trinajstić information content (AvgIpc) is 2.99. The third-order valence-electron chi connectivity index (χ3n) is 7.03. The maximum Gasteiger partial charge on any atom is 0.263 e. The number of pyridine rings is 2. The van der Waals surface area contributed by atoms with Gasteiger partial charge in [0.15, 0.2) is 0 Å². The van der Waals surface area contributed by atoms with Gasteiger partial charge in [0.2, 0.25) is 0 Å². The van der Waals surface area contributed by atoms with E-state index in [1.54, 1.807) is 6.07 Å². The summed E-state index contributed by atoms with van der Waals surface area (Å²) in [6.07, 6.45) is 3.91. The number of hydrogen-bond donors (Lipinski definition) is 0. The molecule has 2 saturated heterocycles. The van der Waals surface area contributed by atoms with Crippen molar-refractivity contribution in [2.24, 2.45) is 5.92 Å². The molecule has 164 valence electrons. The number of aromatic nitrogens is 2. The molecule has 2 fully saturated rings. The van der Waals surface area contributed by atoms with Gasteiger partial charge in [0.1, 0.15) is 5.56 Å². The van der Waals surface area contributed by atoms with Crippen LogP contribution >= 0.6 is 0 Å². The van der Waals surface area contributed by atoms with Crippen LogP contribution in [-0.2, 0) is 13.1 Å². The number of nitrogens with zero attached hydrogens (tertiary/aromatic N) is 5. The number of piperidine rings is 1. The second-order valence-electron chi connectivity index (χ2n) is 9.35. The minimum Gasteiger partial charge on any atom is -0.337 e. The number of carbonyl (C=O) groups excluding carboxylic acids is 1. The van der Waals surface area contributed by atoms with Gasteiger partial charge in [-0.15, -0.1) is 0 Å². The number of carbonyl (C=O) groups is 1. The van der Waals surface area contributed by atoms with Gasteiger partial charge in [0.25, 0.3) is 11.5 Å². The van der Waals surface area contributed by atoms with E-state index in [4.69, 9.17) is 0 Å². The minimum atomic E-state index is -0.108. The summed E-state index contributed by atoms with van der Waals surface area (Å²) in [5.74, 6) is 0.660. The molecule has 2 aromatic heterocycles. The molecule has 2 atom stereocenters. The number of amides is 1. The highest BCUT2D eigenvalue weighted by Crippen LogP contribution is 2.35. The van der Waals surface area contributed by atoms with Crippen molar-refractivity contribution >= 4 is 5.91 Å². The van der Waals surface area contributed by atoms with Crippen LogP contribution in [0.2, 0.25) is 0 Å². The second kappa shape index (κ2) is 8.55. The monoisotopic (exact) mass is 421 g/mol. The van der Waals surface area contributed by atoms with E-state index < -0.39 is 0 Å². The Hall–Kier alpha value is -2.51. The number of likely N-dealkylation sites (tertiary alicyclic amines) is 1. The first-order chi connectivity index (χ1) is 15.1. The van der Waals surface area contributed by atoms with Crippen molar-refractivity contribution in [3.63, 3.8) is 0 Å². The molecule has 31 heavy (non-hydrogen) atoms. The Balaban J connectivity index is 1.36. The van der Waals surface area contributed by atoms with E-state index in [0.717, 1.165) is 63.5 Å². The highest BCUT2D eigenvalue weighted by atomic mass is 16.2. The average molecular weight is 422 g/mol. The molecular weight excluding hydrogens is 390 g/mol. The number of likely N-dealkylation sites (N-methyl/N-ethyl adjacent to an activating group) is 1. The first-order valence-electron chi connectivity index (χ1n) is 11.4. The van der Waals surface area contributed by atoms with Crippen LogP contribution in [0.3, 0.4) is 0 Å². The van der Waals surface area contributed by atoms with Gasteiger partial charge in [-0.3, -0.25) is 19.5 Å². The SMILES string of the molecule is CN1CCCN(C(=O)c2ccc3n(c2=O)C[C@H]2C[C@@H]3CN(Cc3ccccn3)C2)CC1. The Morgan fingerprint density at radius 1 is 1.06 bits per heavy atom. The van der Waals surface area contributed by atoms with E-state index in [9.17, 15) is 9.59 Å². The van der Waals surface area contributed by atoms with Gasteiger partial charge in [-0.05, 0) is 56.6 Å². The van der Waals surface area contributed by atoms with Crippen molar-refractivity contribution < 1.29 is 4.79 Å². The summed E-state index contributed by atoms with van der Waals surface area (Å²) >= 11 is 0. The fourth-order valence-electron chi connectivity index (χ4n) is 5.48. The first-order valence-corrected chi connectivity index (χ1v) is 11.4. The van der Waals surface area contributed by atoms with Crippen LogP contribution in [0, 0.1) is 5.92 Å². The maximum absolute atomic E-state index is 13.3. The van der Waals surface area contributed by atoms with Gasteiger partial charge in [-0.25, -0.2) is 0 Å². The quantitative estimate of drug-likeness (QED) is 0.754. The molecule has 0 aliphatic carbocycles. The van der Waals surface area contributed by atoms with Crippen molar-refractivity contribution in [3.8, 4) is 0 Å². The van der Waals surface area contributed by atoms with E-state index in [2.05, 4.69) is 27.9 Å². The molecule has 0 unspecified atom stereocenters. The van der Waals surface area contributed by atoms with Gasteiger partial charge >= 0.3 is 0 Å². The lowest BCUT2D eigenvalue weighted by Gasteiger charge is -2.42. The first kappa shape index (κ1) is 20.4. The van der Waals surface area contributed by atoms with Crippen LogP contribution < -0.4 is 5.56 Å². The minimum absolute atomic E-state index is 0.104. The van der Waals surface area contributed by atoms with E-state index in [0.29, 0.717) is 30.5 Å². The molecular formula is C24H31N5O2. The molecule has 7 nitrogen and oxygen atoms in total. The van der Waals surface area contributed by atoms with Crippen LogP contribution in [0.4, 0.5) is 0 Å². The van der Waals surface area contributed by atoms with Crippen molar-refractivity contribution in [2.45, 2.75) is 31.8 Å². The summed E-state index contributed by atoms with van der Waals surface area (Å²) < 4.78 is 1.90. The topological polar surface area (TPSA) is 61.7 Å². The molecule has 5 rings (SSSR count). The van der Waals surface area contributed by atoms with Gasteiger partial charge in [-0.2, -0.15) is 0 Å².